The van der Waals surface area contributed by atoms with Crippen molar-refractivity contribution in [1.82, 2.24) is 0 Å². The molecule has 0 radical (unpaired) electrons. The highest BCUT2D eigenvalue weighted by Gasteiger charge is 2.21. The molecule has 0 saturated carbocycles. The van der Waals surface area contributed by atoms with Gasteiger partial charge in [-0.15, -0.1) is 0 Å². The molecule has 2 aromatic carbocycles. The molecular formula is C13H11N3O5. The largest absolute Gasteiger partial charge is 0.450 e. The average molecular weight is 289 g/mol. The highest BCUT2D eigenvalue weighted by molar-refractivity contribution is 5.55. The number of ether oxygens (including phenoxy) is 1. The molecule has 0 saturated heterocycles. The summed E-state index contributed by atoms with van der Waals surface area (Å²) in [6.45, 7) is 0. The molecule has 0 bridgehead atoms. The third kappa shape index (κ3) is 3.24. The predicted octanol–water partition coefficient (Wildman–Crippen LogP) is 3.34. The van der Waals surface area contributed by atoms with Crippen LogP contribution >= 0.6 is 0 Å². The molecule has 0 aromatic heterocycles. The van der Waals surface area contributed by atoms with E-state index in [1.165, 1.54) is 6.07 Å². The Labute approximate surface area is 119 Å². The van der Waals surface area contributed by atoms with E-state index in [0.29, 0.717) is 5.75 Å². The van der Waals surface area contributed by atoms with Gasteiger partial charge in [-0.2, -0.15) is 0 Å². The van der Waals surface area contributed by atoms with Gasteiger partial charge in [-0.3, -0.25) is 20.2 Å². The minimum atomic E-state index is -0.718. The molecule has 0 heterocycles. The number of benzene rings is 2. The Balaban J connectivity index is 2.34. The van der Waals surface area contributed by atoms with E-state index in [-0.39, 0.29) is 11.4 Å². The van der Waals surface area contributed by atoms with Crippen LogP contribution < -0.4 is 10.1 Å². The predicted molar refractivity (Wildman–Crippen MR) is 75.8 cm³/mol. The molecule has 8 nitrogen and oxygen atoms in total. The summed E-state index contributed by atoms with van der Waals surface area (Å²) in [6, 6.07) is 10.00. The Morgan fingerprint density at radius 1 is 1.00 bits per heavy atom. The van der Waals surface area contributed by atoms with Crippen molar-refractivity contribution in [3.8, 4) is 11.5 Å². The minimum absolute atomic E-state index is 0.0530. The number of rotatable bonds is 5. The van der Waals surface area contributed by atoms with Gasteiger partial charge in [0, 0.05) is 18.8 Å². The first-order chi connectivity index (χ1) is 10.0. The van der Waals surface area contributed by atoms with Gasteiger partial charge >= 0.3 is 5.69 Å². The monoisotopic (exact) mass is 289 g/mol. The fourth-order valence-corrected chi connectivity index (χ4v) is 1.66. The molecule has 0 aliphatic heterocycles. The van der Waals surface area contributed by atoms with Crippen LogP contribution in [0.2, 0.25) is 0 Å². The van der Waals surface area contributed by atoms with Gasteiger partial charge in [0.15, 0.2) is 0 Å². The average Bonchev–Trinajstić information content (AvgIpc) is 2.48. The fraction of sp³-hybridized carbons (Fsp3) is 0.0769. The Kier molecular flexibility index (Phi) is 3.98. The molecular weight excluding hydrogens is 278 g/mol. The molecule has 0 aliphatic rings. The zero-order valence-corrected chi connectivity index (χ0v) is 11.0. The van der Waals surface area contributed by atoms with Crippen LogP contribution in [0.25, 0.3) is 0 Å². The summed E-state index contributed by atoms with van der Waals surface area (Å²) in [7, 11) is 1.76. The lowest BCUT2D eigenvalue weighted by atomic mass is 10.2. The lowest BCUT2D eigenvalue weighted by Crippen LogP contribution is -1.96. The van der Waals surface area contributed by atoms with E-state index in [2.05, 4.69) is 5.32 Å². The fourth-order valence-electron chi connectivity index (χ4n) is 1.66. The molecule has 2 rings (SSSR count). The van der Waals surface area contributed by atoms with E-state index in [0.717, 1.165) is 17.8 Å². The second-order valence-corrected chi connectivity index (χ2v) is 4.04. The third-order valence-corrected chi connectivity index (χ3v) is 2.72. The van der Waals surface area contributed by atoms with Gasteiger partial charge in [0.25, 0.3) is 5.69 Å². The van der Waals surface area contributed by atoms with Crippen molar-refractivity contribution in [1.29, 1.82) is 0 Å². The van der Waals surface area contributed by atoms with Gasteiger partial charge in [0.05, 0.1) is 15.9 Å². The topological polar surface area (TPSA) is 108 Å². The maximum Gasteiger partial charge on any atom is 0.318 e. The van der Waals surface area contributed by atoms with Crippen LogP contribution in [0.4, 0.5) is 17.1 Å². The summed E-state index contributed by atoms with van der Waals surface area (Å²) in [5.41, 5.74) is 0.0435. The number of nitrogens with zero attached hydrogens (tertiary/aromatic N) is 2. The molecule has 8 heteroatoms. The maximum absolute atomic E-state index is 11.0. The van der Waals surface area contributed by atoms with Gasteiger partial charge in [-0.05, 0) is 30.3 Å². The number of hydrogen-bond donors (Lipinski definition) is 1. The highest BCUT2D eigenvalue weighted by atomic mass is 16.6. The van der Waals surface area contributed by atoms with Crippen LogP contribution in [-0.4, -0.2) is 16.9 Å². The van der Waals surface area contributed by atoms with Crippen molar-refractivity contribution in [3.05, 3.63) is 62.7 Å². The Hall–Kier alpha value is -3.16. The van der Waals surface area contributed by atoms with Crippen LogP contribution in [0, 0.1) is 20.2 Å². The number of nitro benzene ring substituents is 2. The molecule has 0 atom stereocenters. The summed E-state index contributed by atoms with van der Waals surface area (Å²) >= 11 is 0. The van der Waals surface area contributed by atoms with Gasteiger partial charge in [-0.25, -0.2) is 0 Å². The first-order valence-corrected chi connectivity index (χ1v) is 5.90. The van der Waals surface area contributed by atoms with E-state index in [4.69, 9.17) is 4.74 Å². The summed E-state index contributed by atoms with van der Waals surface area (Å²) in [5, 5.41) is 24.6. The van der Waals surface area contributed by atoms with Crippen LogP contribution in [0.3, 0.4) is 0 Å². The van der Waals surface area contributed by atoms with E-state index in [9.17, 15) is 20.2 Å². The quantitative estimate of drug-likeness (QED) is 0.668. The van der Waals surface area contributed by atoms with Gasteiger partial charge in [-0.1, -0.05) is 0 Å². The molecule has 2 aromatic rings. The lowest BCUT2D eigenvalue weighted by Gasteiger charge is -2.07. The van der Waals surface area contributed by atoms with Crippen molar-refractivity contribution in [2.24, 2.45) is 0 Å². The summed E-state index contributed by atoms with van der Waals surface area (Å²) in [6.07, 6.45) is 0. The van der Waals surface area contributed by atoms with Crippen molar-refractivity contribution in [3.63, 3.8) is 0 Å². The summed E-state index contributed by atoms with van der Waals surface area (Å²) < 4.78 is 5.41. The van der Waals surface area contributed by atoms with Crippen LogP contribution in [0.15, 0.2) is 42.5 Å². The number of non-ortho nitro benzene ring substituents is 1. The minimum Gasteiger partial charge on any atom is -0.450 e. The molecule has 0 aliphatic carbocycles. The van der Waals surface area contributed by atoms with Gasteiger partial charge in [0.1, 0.15) is 5.75 Å². The Bertz CT molecular complexity index is 685. The first kappa shape index (κ1) is 14.3. The number of hydrogen-bond acceptors (Lipinski definition) is 6. The van der Waals surface area contributed by atoms with Crippen LogP contribution in [-0.2, 0) is 0 Å². The molecule has 0 unspecified atom stereocenters. The van der Waals surface area contributed by atoms with E-state index < -0.39 is 15.5 Å². The SMILES string of the molecule is CNc1ccc(Oc2ccc([N+](=O)[O-])cc2[N+](=O)[O-])cc1. The number of anilines is 1. The third-order valence-electron chi connectivity index (χ3n) is 2.72. The Morgan fingerprint density at radius 3 is 2.19 bits per heavy atom. The molecule has 0 fully saturated rings. The van der Waals surface area contributed by atoms with E-state index >= 15 is 0 Å². The number of nitrogens with one attached hydrogen (secondary N) is 1. The maximum atomic E-state index is 11.0. The van der Waals surface area contributed by atoms with E-state index in [1.807, 2.05) is 0 Å². The highest BCUT2D eigenvalue weighted by Crippen LogP contribution is 2.34. The van der Waals surface area contributed by atoms with E-state index in [1.54, 1.807) is 31.3 Å². The Morgan fingerprint density at radius 2 is 1.67 bits per heavy atom. The molecule has 1 N–H and O–H groups in total. The van der Waals surface area contributed by atoms with Crippen LogP contribution in [0.5, 0.6) is 11.5 Å². The van der Waals surface area contributed by atoms with Crippen molar-refractivity contribution >= 4 is 17.1 Å². The standard InChI is InChI=1S/C13H11N3O5/c1-14-9-2-5-11(6-3-9)21-13-7-4-10(15(17)18)8-12(13)16(19)20/h2-8,14H,1H3. The zero-order chi connectivity index (χ0) is 15.4. The van der Waals surface area contributed by atoms with Crippen molar-refractivity contribution in [2.75, 3.05) is 12.4 Å². The molecule has 0 amide bonds. The van der Waals surface area contributed by atoms with Crippen molar-refractivity contribution in [2.45, 2.75) is 0 Å². The molecule has 0 spiro atoms. The second kappa shape index (κ2) is 5.87. The zero-order valence-electron chi connectivity index (χ0n) is 11.0. The molecule has 21 heavy (non-hydrogen) atoms. The number of nitro groups is 2. The van der Waals surface area contributed by atoms with Gasteiger partial charge < -0.3 is 10.1 Å². The second-order valence-electron chi connectivity index (χ2n) is 4.04. The molecule has 108 valence electrons. The normalized spacial score (nSPS) is 9.95. The lowest BCUT2D eigenvalue weighted by molar-refractivity contribution is -0.394. The van der Waals surface area contributed by atoms with Crippen LogP contribution in [0.1, 0.15) is 0 Å². The van der Waals surface area contributed by atoms with Crippen molar-refractivity contribution < 1.29 is 14.6 Å². The van der Waals surface area contributed by atoms with Gasteiger partial charge in [0.2, 0.25) is 5.75 Å². The smallest absolute Gasteiger partial charge is 0.318 e. The summed E-state index contributed by atoms with van der Waals surface area (Å²) in [4.78, 5) is 20.2. The first-order valence-electron chi connectivity index (χ1n) is 5.90. The summed E-state index contributed by atoms with van der Waals surface area (Å²) in [5.74, 6) is 0.341.